The molecule has 1 aliphatic heterocycles. The molecule has 0 radical (unpaired) electrons. The van der Waals surface area contributed by atoms with Crippen LogP contribution in [0.1, 0.15) is 32.9 Å². The van der Waals surface area contributed by atoms with E-state index in [4.69, 9.17) is 5.11 Å². The lowest BCUT2D eigenvalue weighted by molar-refractivity contribution is -0.385. The number of amides is 2. The van der Waals surface area contributed by atoms with Gasteiger partial charge in [0.1, 0.15) is 0 Å². The zero-order valence-electron chi connectivity index (χ0n) is 18.2. The number of rotatable bonds is 6. The van der Waals surface area contributed by atoms with Crippen LogP contribution in [0.2, 0.25) is 0 Å². The van der Waals surface area contributed by atoms with Crippen molar-refractivity contribution in [2.24, 2.45) is 0 Å². The Morgan fingerprint density at radius 1 is 1.12 bits per heavy atom. The molecule has 0 bridgehead atoms. The molecule has 2 aromatic carbocycles. The summed E-state index contributed by atoms with van der Waals surface area (Å²) in [6.07, 6.45) is 1.63. The smallest absolute Gasteiger partial charge is 0.335 e. The number of imide groups is 1. The number of carbonyl (C=O) groups excluding carboxylic acids is 2. The number of carbonyl (C=O) groups is 3. The van der Waals surface area contributed by atoms with Crippen LogP contribution < -0.4 is 0 Å². The lowest BCUT2D eigenvalue weighted by Gasteiger charge is -2.12. The van der Waals surface area contributed by atoms with Gasteiger partial charge in [-0.15, -0.1) is 0 Å². The summed E-state index contributed by atoms with van der Waals surface area (Å²) in [5.74, 6) is -1.52. The summed E-state index contributed by atoms with van der Waals surface area (Å²) in [5, 5.41) is 19.9. The van der Waals surface area contributed by atoms with Crippen LogP contribution in [0.4, 0.5) is 10.5 Å². The summed E-state index contributed by atoms with van der Waals surface area (Å²) in [6, 6.07) is 14.3. The molecule has 3 aromatic rings. The van der Waals surface area contributed by atoms with Crippen LogP contribution in [0.3, 0.4) is 0 Å². The zero-order valence-corrected chi connectivity index (χ0v) is 19.0. The molecule has 1 saturated heterocycles. The van der Waals surface area contributed by atoms with Gasteiger partial charge < -0.3 is 9.67 Å². The molecule has 2 heterocycles. The van der Waals surface area contributed by atoms with Crippen LogP contribution in [-0.2, 0) is 11.3 Å². The molecule has 1 aliphatic rings. The molecule has 34 heavy (non-hydrogen) atoms. The Morgan fingerprint density at radius 2 is 1.79 bits per heavy atom. The van der Waals surface area contributed by atoms with Gasteiger partial charge in [0.25, 0.3) is 16.8 Å². The SMILES string of the molecule is Cc1cc(/C=C2\SC(=O)N(Cc3ccccc3[N+](=O)[O-])C2=O)c(C)n1-c1ccc(C(=O)O)cc1. The number of carboxylic acids is 1. The van der Waals surface area contributed by atoms with Gasteiger partial charge in [0.05, 0.1) is 21.9 Å². The number of hydrogen-bond acceptors (Lipinski definition) is 6. The first kappa shape index (κ1) is 23.0. The van der Waals surface area contributed by atoms with Crippen molar-refractivity contribution in [3.8, 4) is 5.69 Å². The highest BCUT2D eigenvalue weighted by Gasteiger charge is 2.36. The fraction of sp³-hybridized carbons (Fsp3) is 0.125. The molecule has 9 nitrogen and oxygen atoms in total. The largest absolute Gasteiger partial charge is 0.478 e. The first-order valence-corrected chi connectivity index (χ1v) is 11.0. The maximum Gasteiger partial charge on any atom is 0.335 e. The highest BCUT2D eigenvalue weighted by Crippen LogP contribution is 2.35. The third-order valence-corrected chi connectivity index (χ3v) is 6.43. The highest BCUT2D eigenvalue weighted by molar-refractivity contribution is 8.18. The van der Waals surface area contributed by atoms with E-state index in [-0.39, 0.29) is 28.3 Å². The number of aromatic carboxylic acids is 1. The molecule has 0 spiro atoms. The summed E-state index contributed by atoms with van der Waals surface area (Å²) < 4.78 is 1.93. The Labute approximate surface area is 198 Å². The summed E-state index contributed by atoms with van der Waals surface area (Å²) in [5.41, 5.74) is 3.48. The minimum Gasteiger partial charge on any atom is -0.478 e. The number of aryl methyl sites for hydroxylation is 1. The van der Waals surface area contributed by atoms with Gasteiger partial charge in [0.2, 0.25) is 0 Å². The molecule has 1 aromatic heterocycles. The fourth-order valence-corrected chi connectivity index (χ4v) is 4.68. The predicted octanol–water partition coefficient (Wildman–Crippen LogP) is 4.94. The molecule has 0 saturated carbocycles. The van der Waals surface area contributed by atoms with Gasteiger partial charge in [-0.05, 0) is 67.6 Å². The Kier molecular flexibility index (Phi) is 6.08. The molecule has 172 valence electrons. The molecule has 0 atom stereocenters. The number of aromatic nitrogens is 1. The van der Waals surface area contributed by atoms with E-state index in [0.29, 0.717) is 0 Å². The Morgan fingerprint density at radius 3 is 2.44 bits per heavy atom. The topological polar surface area (TPSA) is 123 Å². The number of benzene rings is 2. The Balaban J connectivity index is 1.62. The summed E-state index contributed by atoms with van der Waals surface area (Å²) in [6.45, 7) is 3.56. The second-order valence-electron chi connectivity index (χ2n) is 7.67. The van der Waals surface area contributed by atoms with E-state index < -0.39 is 22.0 Å². The van der Waals surface area contributed by atoms with E-state index in [1.54, 1.807) is 24.3 Å². The third kappa shape index (κ3) is 4.23. The van der Waals surface area contributed by atoms with Crippen molar-refractivity contribution >= 4 is 40.6 Å². The van der Waals surface area contributed by atoms with Gasteiger partial charge in [-0.25, -0.2) is 4.79 Å². The molecule has 2 amide bonds. The molecular weight excluding hydrogens is 458 g/mol. The zero-order chi connectivity index (χ0) is 24.6. The Bertz CT molecular complexity index is 1370. The number of hydrogen-bond donors (Lipinski definition) is 1. The molecule has 10 heteroatoms. The number of nitro benzene ring substituents is 1. The molecular formula is C24H19N3O6S. The number of nitrogens with zero attached hydrogens (tertiary/aromatic N) is 3. The second kappa shape index (κ2) is 8.99. The lowest BCUT2D eigenvalue weighted by atomic mass is 10.1. The van der Waals surface area contributed by atoms with Crippen molar-refractivity contribution in [1.29, 1.82) is 0 Å². The second-order valence-corrected chi connectivity index (χ2v) is 8.66. The average molecular weight is 477 g/mol. The average Bonchev–Trinajstić information content (AvgIpc) is 3.23. The highest BCUT2D eigenvalue weighted by atomic mass is 32.2. The van der Waals surface area contributed by atoms with Gasteiger partial charge in [-0.1, -0.05) is 18.2 Å². The fourth-order valence-electron chi connectivity index (χ4n) is 3.85. The quantitative estimate of drug-likeness (QED) is 0.303. The van der Waals surface area contributed by atoms with Gasteiger partial charge in [-0.3, -0.25) is 24.6 Å². The van der Waals surface area contributed by atoms with Crippen molar-refractivity contribution in [3.63, 3.8) is 0 Å². The normalized spacial score (nSPS) is 14.8. The minimum absolute atomic E-state index is 0.150. The number of thioether (sulfide) groups is 1. The Hall–Kier alpha value is -4.18. The van der Waals surface area contributed by atoms with Gasteiger partial charge in [0, 0.05) is 28.7 Å². The van der Waals surface area contributed by atoms with Crippen LogP contribution in [0.25, 0.3) is 11.8 Å². The van der Waals surface area contributed by atoms with E-state index in [1.807, 2.05) is 24.5 Å². The van der Waals surface area contributed by atoms with Crippen molar-refractivity contribution in [2.75, 3.05) is 0 Å². The first-order chi connectivity index (χ1) is 16.2. The van der Waals surface area contributed by atoms with Crippen molar-refractivity contribution in [1.82, 2.24) is 9.47 Å². The van der Waals surface area contributed by atoms with Gasteiger partial charge in [-0.2, -0.15) is 0 Å². The van der Waals surface area contributed by atoms with Crippen molar-refractivity contribution in [2.45, 2.75) is 20.4 Å². The van der Waals surface area contributed by atoms with Gasteiger partial charge >= 0.3 is 5.97 Å². The van der Waals surface area contributed by atoms with Crippen LogP contribution in [-0.4, -0.2) is 36.6 Å². The van der Waals surface area contributed by atoms with E-state index >= 15 is 0 Å². The molecule has 0 aliphatic carbocycles. The van der Waals surface area contributed by atoms with Gasteiger partial charge in [0.15, 0.2) is 0 Å². The third-order valence-electron chi connectivity index (χ3n) is 5.52. The van der Waals surface area contributed by atoms with Crippen LogP contribution in [0.5, 0.6) is 0 Å². The maximum absolute atomic E-state index is 13.0. The van der Waals surface area contributed by atoms with Crippen molar-refractivity contribution in [3.05, 3.63) is 97.7 Å². The maximum atomic E-state index is 13.0. The van der Waals surface area contributed by atoms with E-state index in [1.165, 1.54) is 30.3 Å². The van der Waals surface area contributed by atoms with Crippen molar-refractivity contribution < 1.29 is 24.4 Å². The molecule has 4 rings (SSSR count). The minimum atomic E-state index is -1.01. The van der Waals surface area contributed by atoms with E-state index in [9.17, 15) is 24.5 Å². The predicted molar refractivity (Wildman–Crippen MR) is 127 cm³/mol. The monoisotopic (exact) mass is 477 g/mol. The molecule has 1 N–H and O–H groups in total. The summed E-state index contributed by atoms with van der Waals surface area (Å²) in [4.78, 5) is 48.6. The van der Waals surface area contributed by atoms with E-state index in [2.05, 4.69) is 0 Å². The van der Waals surface area contributed by atoms with Crippen LogP contribution in [0.15, 0.2) is 59.5 Å². The first-order valence-electron chi connectivity index (χ1n) is 10.2. The van der Waals surface area contributed by atoms with Crippen LogP contribution in [0, 0.1) is 24.0 Å². The lowest BCUT2D eigenvalue weighted by Crippen LogP contribution is -2.27. The van der Waals surface area contributed by atoms with E-state index in [0.717, 1.165) is 39.3 Å². The summed E-state index contributed by atoms with van der Waals surface area (Å²) >= 11 is 0.789. The number of nitro groups is 1. The molecule has 0 unspecified atom stereocenters. The summed E-state index contributed by atoms with van der Waals surface area (Å²) in [7, 11) is 0. The number of para-hydroxylation sites is 1. The molecule has 1 fully saturated rings. The number of carboxylic acid groups (broad SMARTS) is 1. The standard InChI is InChI=1S/C24H19N3O6S/c1-14-11-18(15(2)26(14)19-9-7-16(8-10-19)23(29)30)12-21-22(28)25(24(31)34-21)13-17-5-3-4-6-20(17)27(32)33/h3-12H,13H2,1-2H3,(H,29,30)/b21-12-. The van der Waals surface area contributed by atoms with Crippen LogP contribution >= 0.6 is 11.8 Å².